The topological polar surface area (TPSA) is 96.2 Å². The number of fused-ring (bicyclic) bond motifs is 1. The van der Waals surface area contributed by atoms with Crippen LogP contribution in [0.1, 0.15) is 37.9 Å². The highest BCUT2D eigenvalue weighted by Crippen LogP contribution is 2.36. The van der Waals surface area contributed by atoms with Gasteiger partial charge in [0.15, 0.2) is 16.3 Å². The molecule has 0 spiro atoms. The van der Waals surface area contributed by atoms with E-state index < -0.39 is 18.0 Å². The van der Waals surface area contributed by atoms with Crippen molar-refractivity contribution in [2.75, 3.05) is 13.7 Å². The number of ether oxygens (including phenoxy) is 3. The standard InChI is InChI=1S/C28H26N2O6S/c1-5-35-27(33)24-17(2)29-28-30(25(24)20-14-15-21(36-18(3)31)22(16-20)34-4)26(32)23(37-28)13-9-12-19-10-7-6-8-11-19/h6-16,25H,5H2,1-4H3/b12-9+,23-13+. The summed E-state index contributed by atoms with van der Waals surface area (Å²) in [6.07, 6.45) is 5.46. The molecular formula is C28H26N2O6S. The molecule has 0 bridgehead atoms. The minimum absolute atomic E-state index is 0.172. The summed E-state index contributed by atoms with van der Waals surface area (Å²) in [6, 6.07) is 13.8. The van der Waals surface area contributed by atoms with E-state index in [1.807, 2.05) is 42.5 Å². The van der Waals surface area contributed by atoms with Crippen molar-refractivity contribution in [1.82, 2.24) is 4.57 Å². The third-order valence-electron chi connectivity index (χ3n) is 5.61. The Hall–Kier alpha value is -4.24. The fraction of sp³-hybridized carbons (Fsp3) is 0.214. The number of thiazole rings is 1. The first kappa shape index (κ1) is 25.8. The first-order valence-corrected chi connectivity index (χ1v) is 12.4. The molecule has 0 saturated carbocycles. The number of esters is 2. The lowest BCUT2D eigenvalue weighted by Gasteiger charge is -2.25. The molecule has 0 aliphatic carbocycles. The van der Waals surface area contributed by atoms with Gasteiger partial charge in [0, 0.05) is 6.92 Å². The molecule has 0 saturated heterocycles. The maximum atomic E-state index is 13.6. The third-order valence-corrected chi connectivity index (χ3v) is 6.61. The van der Waals surface area contributed by atoms with Crippen molar-refractivity contribution >= 4 is 35.4 Å². The summed E-state index contributed by atoms with van der Waals surface area (Å²) in [7, 11) is 1.45. The van der Waals surface area contributed by atoms with Crippen LogP contribution in [0.2, 0.25) is 0 Å². The van der Waals surface area contributed by atoms with Crippen LogP contribution in [-0.4, -0.2) is 30.2 Å². The Balaban J connectivity index is 1.88. The number of methoxy groups -OCH3 is 1. The van der Waals surface area contributed by atoms with Crippen LogP contribution >= 0.6 is 11.3 Å². The molecule has 9 heteroatoms. The largest absolute Gasteiger partial charge is 0.493 e. The van der Waals surface area contributed by atoms with Crippen LogP contribution in [0.3, 0.4) is 0 Å². The van der Waals surface area contributed by atoms with Gasteiger partial charge in [0.25, 0.3) is 5.56 Å². The van der Waals surface area contributed by atoms with Crippen LogP contribution in [0.4, 0.5) is 0 Å². The maximum absolute atomic E-state index is 13.6. The smallest absolute Gasteiger partial charge is 0.338 e. The molecule has 1 aliphatic heterocycles. The summed E-state index contributed by atoms with van der Waals surface area (Å²) in [4.78, 5) is 43.2. The Morgan fingerprint density at radius 3 is 2.57 bits per heavy atom. The molecule has 1 unspecified atom stereocenters. The highest BCUT2D eigenvalue weighted by molar-refractivity contribution is 7.07. The van der Waals surface area contributed by atoms with Gasteiger partial charge in [0.2, 0.25) is 0 Å². The molecular weight excluding hydrogens is 492 g/mol. The van der Waals surface area contributed by atoms with Crippen LogP contribution in [0.25, 0.3) is 12.2 Å². The number of benzene rings is 2. The van der Waals surface area contributed by atoms with Crippen molar-refractivity contribution < 1.29 is 23.8 Å². The number of carbonyl (C=O) groups is 2. The zero-order valence-corrected chi connectivity index (χ0v) is 21.7. The van der Waals surface area contributed by atoms with Gasteiger partial charge in [-0.15, -0.1) is 0 Å². The van der Waals surface area contributed by atoms with Gasteiger partial charge in [-0.1, -0.05) is 59.9 Å². The molecule has 0 fully saturated rings. The fourth-order valence-electron chi connectivity index (χ4n) is 4.03. The van der Waals surface area contributed by atoms with Crippen LogP contribution in [0.15, 0.2) is 75.7 Å². The second-order valence-electron chi connectivity index (χ2n) is 8.10. The summed E-state index contributed by atoms with van der Waals surface area (Å²) in [5.41, 5.74) is 2.01. The molecule has 37 heavy (non-hydrogen) atoms. The van der Waals surface area contributed by atoms with Gasteiger partial charge < -0.3 is 14.2 Å². The minimum atomic E-state index is -0.809. The molecule has 2 heterocycles. The number of rotatable bonds is 7. The van der Waals surface area contributed by atoms with Crippen LogP contribution in [0, 0.1) is 0 Å². The van der Waals surface area contributed by atoms with Crippen molar-refractivity contribution in [3.05, 3.63) is 96.7 Å². The van der Waals surface area contributed by atoms with Gasteiger partial charge in [0.1, 0.15) is 0 Å². The van der Waals surface area contributed by atoms with E-state index in [-0.39, 0.29) is 23.5 Å². The van der Waals surface area contributed by atoms with Gasteiger partial charge in [-0.25, -0.2) is 9.79 Å². The third kappa shape index (κ3) is 5.46. The molecule has 0 radical (unpaired) electrons. The summed E-state index contributed by atoms with van der Waals surface area (Å²) in [6.45, 7) is 4.90. The molecule has 3 aromatic rings. The summed E-state index contributed by atoms with van der Waals surface area (Å²) >= 11 is 1.24. The van der Waals surface area contributed by atoms with Crippen molar-refractivity contribution in [1.29, 1.82) is 0 Å². The predicted molar refractivity (Wildman–Crippen MR) is 141 cm³/mol. The Kier molecular flexibility index (Phi) is 7.83. The number of hydrogen-bond donors (Lipinski definition) is 0. The zero-order valence-electron chi connectivity index (χ0n) is 20.9. The van der Waals surface area contributed by atoms with Crippen molar-refractivity contribution in [3.63, 3.8) is 0 Å². The lowest BCUT2D eigenvalue weighted by Crippen LogP contribution is -2.39. The summed E-state index contributed by atoms with van der Waals surface area (Å²) < 4.78 is 17.9. The van der Waals surface area contributed by atoms with E-state index in [4.69, 9.17) is 14.2 Å². The molecule has 1 aliphatic rings. The number of aromatic nitrogens is 1. The molecule has 1 aromatic heterocycles. The van der Waals surface area contributed by atoms with Crippen LogP contribution < -0.4 is 24.4 Å². The van der Waals surface area contributed by atoms with Crippen LogP contribution in [-0.2, 0) is 14.3 Å². The van der Waals surface area contributed by atoms with E-state index in [0.29, 0.717) is 26.3 Å². The van der Waals surface area contributed by atoms with E-state index in [9.17, 15) is 14.4 Å². The molecule has 0 amide bonds. The van der Waals surface area contributed by atoms with E-state index in [2.05, 4.69) is 4.99 Å². The summed E-state index contributed by atoms with van der Waals surface area (Å²) in [5.74, 6) is -0.533. The maximum Gasteiger partial charge on any atom is 0.338 e. The molecule has 2 aromatic carbocycles. The minimum Gasteiger partial charge on any atom is -0.493 e. The van der Waals surface area contributed by atoms with Gasteiger partial charge in [-0.05, 0) is 43.2 Å². The van der Waals surface area contributed by atoms with E-state index in [1.54, 1.807) is 38.1 Å². The van der Waals surface area contributed by atoms with Gasteiger partial charge in [0.05, 0.1) is 35.6 Å². The highest BCUT2D eigenvalue weighted by Gasteiger charge is 2.34. The average Bonchev–Trinajstić information content (AvgIpc) is 3.18. The van der Waals surface area contributed by atoms with Crippen LogP contribution in [0.5, 0.6) is 11.5 Å². The van der Waals surface area contributed by atoms with Gasteiger partial charge >= 0.3 is 11.9 Å². The highest BCUT2D eigenvalue weighted by atomic mass is 32.1. The second-order valence-corrected chi connectivity index (χ2v) is 9.11. The van der Waals surface area contributed by atoms with Crippen molar-refractivity contribution in [2.45, 2.75) is 26.8 Å². The molecule has 0 N–H and O–H groups in total. The van der Waals surface area contributed by atoms with Gasteiger partial charge in [-0.3, -0.25) is 14.2 Å². The number of allylic oxidation sites excluding steroid dienone is 2. The average molecular weight is 519 g/mol. The first-order chi connectivity index (χ1) is 17.8. The lowest BCUT2D eigenvalue weighted by atomic mass is 9.95. The molecule has 190 valence electrons. The van der Waals surface area contributed by atoms with E-state index >= 15 is 0 Å². The fourth-order valence-corrected chi connectivity index (χ4v) is 5.02. The monoisotopic (exact) mass is 518 g/mol. The molecule has 4 rings (SSSR count). The number of hydrogen-bond acceptors (Lipinski definition) is 8. The van der Waals surface area contributed by atoms with Gasteiger partial charge in [-0.2, -0.15) is 0 Å². The predicted octanol–water partition coefficient (Wildman–Crippen LogP) is 3.40. The van der Waals surface area contributed by atoms with E-state index in [0.717, 1.165) is 5.56 Å². The van der Waals surface area contributed by atoms with Crippen molar-refractivity contribution in [3.8, 4) is 11.5 Å². The Morgan fingerprint density at radius 1 is 1.14 bits per heavy atom. The number of carbonyl (C=O) groups excluding carboxylic acids is 2. The Labute approximate surface area is 217 Å². The Morgan fingerprint density at radius 2 is 1.89 bits per heavy atom. The molecule has 8 nitrogen and oxygen atoms in total. The summed E-state index contributed by atoms with van der Waals surface area (Å²) in [5, 5.41) is 0. The van der Waals surface area contributed by atoms with E-state index in [1.165, 1.54) is 29.9 Å². The number of nitrogens with zero attached hydrogens (tertiary/aromatic N) is 2. The molecule has 1 atom stereocenters. The normalized spacial score (nSPS) is 15.4. The first-order valence-electron chi connectivity index (χ1n) is 11.6. The Bertz CT molecular complexity index is 1580. The SMILES string of the molecule is CCOC(=O)C1=C(C)N=c2s/c(=C/C=C/c3ccccc3)c(=O)n2C1c1ccc(OC(C)=O)c(OC)c1. The van der Waals surface area contributed by atoms with Crippen molar-refractivity contribution in [2.24, 2.45) is 4.99 Å². The zero-order chi connectivity index (χ0) is 26.5. The quantitative estimate of drug-likeness (QED) is 0.351. The lowest BCUT2D eigenvalue weighted by molar-refractivity contribution is -0.139. The second kappa shape index (κ2) is 11.2.